The summed E-state index contributed by atoms with van der Waals surface area (Å²) < 4.78 is 5.84. The van der Waals surface area contributed by atoms with Gasteiger partial charge in [0.05, 0.1) is 5.56 Å². The van der Waals surface area contributed by atoms with Gasteiger partial charge in [0.25, 0.3) is 0 Å². The fourth-order valence-electron chi connectivity index (χ4n) is 2.13. The Balaban J connectivity index is 1.95. The van der Waals surface area contributed by atoms with E-state index in [1.165, 1.54) is 0 Å². The Morgan fingerprint density at radius 1 is 1.35 bits per heavy atom. The average molecular weight is 233 g/mol. The van der Waals surface area contributed by atoms with Crippen LogP contribution < -0.4 is 4.74 Å². The van der Waals surface area contributed by atoms with E-state index >= 15 is 0 Å². The number of ether oxygens (including phenoxy) is 1. The van der Waals surface area contributed by atoms with Gasteiger partial charge in [0.2, 0.25) is 0 Å². The number of nitrogens with zero attached hydrogens (tertiary/aromatic N) is 1. The summed E-state index contributed by atoms with van der Waals surface area (Å²) in [6, 6.07) is 7.51. The molecule has 0 aliphatic carbocycles. The molecular weight excluding hydrogens is 214 g/mol. The standard InChI is InChI=1S/C14H19NO2/c1-15(2)9-5-6-11-10-13(16)12-7-3-4-8-14(12)17-11/h3-4,7-8,11H,5-6,9-10H2,1-2H3. The van der Waals surface area contributed by atoms with Crippen molar-refractivity contribution in [2.75, 3.05) is 20.6 Å². The topological polar surface area (TPSA) is 29.5 Å². The largest absolute Gasteiger partial charge is 0.489 e. The molecule has 1 aliphatic rings. The summed E-state index contributed by atoms with van der Waals surface area (Å²) in [6.07, 6.45) is 2.58. The van der Waals surface area contributed by atoms with Crippen molar-refractivity contribution in [3.8, 4) is 5.75 Å². The molecule has 1 aromatic carbocycles. The van der Waals surface area contributed by atoms with E-state index in [1.807, 2.05) is 24.3 Å². The van der Waals surface area contributed by atoms with Crippen molar-refractivity contribution in [1.82, 2.24) is 4.90 Å². The second kappa shape index (κ2) is 5.32. The predicted octanol–water partition coefficient (Wildman–Crippen LogP) is 2.36. The highest BCUT2D eigenvalue weighted by molar-refractivity contribution is 5.99. The Morgan fingerprint density at radius 3 is 2.88 bits per heavy atom. The zero-order chi connectivity index (χ0) is 12.3. The normalized spacial score (nSPS) is 19.0. The van der Waals surface area contributed by atoms with Crippen LogP contribution in [0.1, 0.15) is 29.6 Å². The molecule has 3 heteroatoms. The molecule has 0 aromatic heterocycles. The van der Waals surface area contributed by atoms with E-state index in [1.54, 1.807) is 0 Å². The lowest BCUT2D eigenvalue weighted by Crippen LogP contribution is -2.27. The van der Waals surface area contributed by atoms with E-state index in [9.17, 15) is 4.79 Å². The van der Waals surface area contributed by atoms with E-state index in [0.29, 0.717) is 6.42 Å². The molecule has 0 spiro atoms. The smallest absolute Gasteiger partial charge is 0.170 e. The summed E-state index contributed by atoms with van der Waals surface area (Å²) in [5.74, 6) is 0.959. The van der Waals surface area contributed by atoms with Gasteiger partial charge < -0.3 is 9.64 Å². The molecule has 0 fully saturated rings. The lowest BCUT2D eigenvalue weighted by molar-refractivity contribution is 0.0833. The Labute approximate surface area is 102 Å². The molecule has 0 radical (unpaired) electrons. The van der Waals surface area contributed by atoms with Crippen LogP contribution in [0.3, 0.4) is 0 Å². The highest BCUT2D eigenvalue weighted by atomic mass is 16.5. The van der Waals surface area contributed by atoms with Gasteiger partial charge >= 0.3 is 0 Å². The second-order valence-electron chi connectivity index (χ2n) is 4.81. The lowest BCUT2D eigenvalue weighted by atomic mass is 9.98. The third kappa shape index (κ3) is 3.07. The van der Waals surface area contributed by atoms with E-state index in [-0.39, 0.29) is 11.9 Å². The third-order valence-corrected chi connectivity index (χ3v) is 3.03. The Morgan fingerprint density at radius 2 is 2.12 bits per heavy atom. The molecule has 1 aliphatic heterocycles. The van der Waals surface area contributed by atoms with Gasteiger partial charge in [-0.2, -0.15) is 0 Å². The van der Waals surface area contributed by atoms with Crippen molar-refractivity contribution < 1.29 is 9.53 Å². The van der Waals surface area contributed by atoms with Gasteiger partial charge in [0, 0.05) is 6.42 Å². The van der Waals surface area contributed by atoms with Crippen LogP contribution in [0.15, 0.2) is 24.3 Å². The number of Topliss-reactive ketones (excluding diaryl/α,β-unsaturated/α-hetero) is 1. The monoisotopic (exact) mass is 233 g/mol. The first kappa shape index (κ1) is 12.1. The number of fused-ring (bicyclic) bond motifs is 1. The van der Waals surface area contributed by atoms with Gasteiger partial charge in [-0.05, 0) is 45.6 Å². The van der Waals surface area contributed by atoms with Crippen LogP contribution in [0.4, 0.5) is 0 Å². The minimum Gasteiger partial charge on any atom is -0.489 e. The SMILES string of the molecule is CN(C)CCCC1CC(=O)c2ccccc2O1. The maximum atomic E-state index is 11.9. The summed E-state index contributed by atoms with van der Waals surface area (Å²) in [5, 5.41) is 0. The highest BCUT2D eigenvalue weighted by Gasteiger charge is 2.25. The zero-order valence-corrected chi connectivity index (χ0v) is 10.5. The van der Waals surface area contributed by atoms with E-state index in [2.05, 4.69) is 19.0 Å². The Hall–Kier alpha value is -1.35. The first-order valence-electron chi connectivity index (χ1n) is 6.10. The fourth-order valence-corrected chi connectivity index (χ4v) is 2.13. The van der Waals surface area contributed by atoms with Crippen LogP contribution >= 0.6 is 0 Å². The minimum absolute atomic E-state index is 0.0531. The molecule has 0 amide bonds. The number of rotatable bonds is 4. The molecule has 0 saturated carbocycles. The fraction of sp³-hybridized carbons (Fsp3) is 0.500. The molecule has 92 valence electrons. The highest BCUT2D eigenvalue weighted by Crippen LogP contribution is 2.28. The van der Waals surface area contributed by atoms with Gasteiger partial charge in [-0.1, -0.05) is 12.1 Å². The second-order valence-corrected chi connectivity index (χ2v) is 4.81. The first-order chi connectivity index (χ1) is 8.16. The summed E-state index contributed by atoms with van der Waals surface area (Å²) in [5.41, 5.74) is 0.733. The van der Waals surface area contributed by atoms with E-state index < -0.39 is 0 Å². The molecule has 1 aromatic rings. The maximum Gasteiger partial charge on any atom is 0.170 e. The average Bonchev–Trinajstić information content (AvgIpc) is 2.28. The molecule has 1 heterocycles. The van der Waals surface area contributed by atoms with Crippen LogP contribution in [0.5, 0.6) is 5.75 Å². The molecule has 1 unspecified atom stereocenters. The number of benzene rings is 1. The van der Waals surface area contributed by atoms with Crippen LogP contribution in [0.25, 0.3) is 0 Å². The third-order valence-electron chi connectivity index (χ3n) is 3.03. The molecule has 2 rings (SSSR count). The minimum atomic E-state index is 0.0531. The van der Waals surface area contributed by atoms with Crippen LogP contribution in [0, 0.1) is 0 Å². The van der Waals surface area contributed by atoms with Crippen LogP contribution in [-0.2, 0) is 0 Å². The molecular formula is C14H19NO2. The molecule has 3 nitrogen and oxygen atoms in total. The van der Waals surface area contributed by atoms with Crippen molar-refractivity contribution >= 4 is 5.78 Å². The van der Waals surface area contributed by atoms with E-state index in [0.717, 1.165) is 30.7 Å². The van der Waals surface area contributed by atoms with Gasteiger partial charge in [0.15, 0.2) is 5.78 Å². The van der Waals surface area contributed by atoms with E-state index in [4.69, 9.17) is 4.74 Å². The molecule has 0 saturated heterocycles. The summed E-state index contributed by atoms with van der Waals surface area (Å²) in [7, 11) is 4.12. The molecule has 1 atom stereocenters. The quantitative estimate of drug-likeness (QED) is 0.799. The number of hydrogen-bond acceptors (Lipinski definition) is 3. The van der Waals surface area contributed by atoms with Crippen molar-refractivity contribution in [3.63, 3.8) is 0 Å². The molecule has 17 heavy (non-hydrogen) atoms. The Bertz CT molecular complexity index is 401. The van der Waals surface area contributed by atoms with Crippen LogP contribution in [-0.4, -0.2) is 37.4 Å². The van der Waals surface area contributed by atoms with Crippen molar-refractivity contribution in [2.24, 2.45) is 0 Å². The number of hydrogen-bond donors (Lipinski definition) is 0. The van der Waals surface area contributed by atoms with Crippen LogP contribution in [0.2, 0.25) is 0 Å². The van der Waals surface area contributed by atoms with Crippen molar-refractivity contribution in [1.29, 1.82) is 0 Å². The molecule has 0 bridgehead atoms. The number of ketones is 1. The predicted molar refractivity (Wildman–Crippen MR) is 67.6 cm³/mol. The Kier molecular flexibility index (Phi) is 3.79. The first-order valence-corrected chi connectivity index (χ1v) is 6.10. The maximum absolute atomic E-state index is 11.9. The molecule has 0 N–H and O–H groups in total. The van der Waals surface area contributed by atoms with Gasteiger partial charge in [0.1, 0.15) is 11.9 Å². The van der Waals surface area contributed by atoms with Crippen molar-refractivity contribution in [2.45, 2.75) is 25.4 Å². The summed E-state index contributed by atoms with van der Waals surface area (Å²) in [6.45, 7) is 1.04. The van der Waals surface area contributed by atoms with Gasteiger partial charge in [-0.3, -0.25) is 4.79 Å². The summed E-state index contributed by atoms with van der Waals surface area (Å²) in [4.78, 5) is 14.1. The van der Waals surface area contributed by atoms with Gasteiger partial charge in [-0.15, -0.1) is 0 Å². The number of carbonyl (C=O) groups excluding carboxylic acids is 1. The number of carbonyl (C=O) groups is 1. The lowest BCUT2D eigenvalue weighted by Gasteiger charge is -2.25. The zero-order valence-electron chi connectivity index (χ0n) is 10.5. The van der Waals surface area contributed by atoms with Gasteiger partial charge in [-0.25, -0.2) is 0 Å². The summed E-state index contributed by atoms with van der Waals surface area (Å²) >= 11 is 0. The van der Waals surface area contributed by atoms with Crippen molar-refractivity contribution in [3.05, 3.63) is 29.8 Å². The number of para-hydroxylation sites is 1.